The molecule has 2 aromatic rings. The van der Waals surface area contributed by atoms with Crippen LogP contribution >= 0.6 is 0 Å². The summed E-state index contributed by atoms with van der Waals surface area (Å²) < 4.78 is 5.83. The lowest BCUT2D eigenvalue weighted by Crippen LogP contribution is -2.59. The molecule has 7 heteroatoms. The van der Waals surface area contributed by atoms with Crippen molar-refractivity contribution in [3.8, 4) is 0 Å². The second-order valence-corrected chi connectivity index (χ2v) is 9.75. The van der Waals surface area contributed by atoms with E-state index in [0.29, 0.717) is 19.7 Å². The van der Waals surface area contributed by atoms with E-state index in [1.807, 2.05) is 41.3 Å². The Balaban J connectivity index is 1.40. The molecule has 2 aliphatic heterocycles. The third-order valence-corrected chi connectivity index (χ3v) is 6.73. The molecule has 0 aromatic heterocycles. The number of para-hydroxylation sites is 1. The summed E-state index contributed by atoms with van der Waals surface area (Å²) in [5, 5.41) is 6.34. The van der Waals surface area contributed by atoms with Crippen molar-refractivity contribution < 1.29 is 14.3 Å². The number of carbonyl (C=O) groups is 2. The van der Waals surface area contributed by atoms with Gasteiger partial charge < -0.3 is 26.0 Å². The molecule has 0 radical (unpaired) electrons. The Kier molecular flexibility index (Phi) is 6.72. The van der Waals surface area contributed by atoms with Crippen molar-refractivity contribution in [1.82, 2.24) is 10.2 Å². The van der Waals surface area contributed by atoms with E-state index in [0.717, 1.165) is 24.9 Å². The van der Waals surface area contributed by atoms with Gasteiger partial charge in [-0.3, -0.25) is 9.59 Å². The Hall–Kier alpha value is -2.90. The number of nitrogens with two attached hydrogens (primary N) is 1. The molecule has 1 saturated heterocycles. The second-order valence-electron chi connectivity index (χ2n) is 9.75. The molecular weight excluding hydrogens is 416 g/mol. The van der Waals surface area contributed by atoms with Crippen LogP contribution in [0.3, 0.4) is 0 Å². The average molecular weight is 451 g/mol. The van der Waals surface area contributed by atoms with Crippen LogP contribution < -0.4 is 16.4 Å². The van der Waals surface area contributed by atoms with Crippen molar-refractivity contribution in [1.29, 1.82) is 0 Å². The molecule has 0 aliphatic carbocycles. The first-order chi connectivity index (χ1) is 15.8. The first kappa shape index (κ1) is 23.3. The third-order valence-electron chi connectivity index (χ3n) is 6.73. The maximum Gasteiger partial charge on any atom is 0.247 e. The molecule has 0 saturated carbocycles. The van der Waals surface area contributed by atoms with Gasteiger partial charge in [0.15, 0.2) is 0 Å². The first-order valence-corrected chi connectivity index (χ1v) is 11.6. The van der Waals surface area contributed by atoms with Crippen LogP contribution in [0.15, 0.2) is 54.6 Å². The minimum absolute atomic E-state index is 0.0647. The van der Waals surface area contributed by atoms with Crippen LogP contribution in [0.25, 0.3) is 0 Å². The standard InChI is InChI=1S/C26H34N4O3/c1-25(2,27)24(32)29-22(17-33-16-19-8-4-3-5-9-19)23(31)30-14-12-26(13-15-30)18-28-21-11-7-6-10-20(21)26/h3-11,22,28H,12-18,27H2,1-2H3,(H,29,32). The Morgan fingerprint density at radius 2 is 1.79 bits per heavy atom. The van der Waals surface area contributed by atoms with Crippen molar-refractivity contribution in [2.45, 2.75) is 50.3 Å². The van der Waals surface area contributed by atoms with Gasteiger partial charge in [-0.2, -0.15) is 0 Å². The van der Waals surface area contributed by atoms with Gasteiger partial charge in [0, 0.05) is 30.7 Å². The van der Waals surface area contributed by atoms with Crippen LogP contribution in [0.2, 0.25) is 0 Å². The van der Waals surface area contributed by atoms with E-state index in [4.69, 9.17) is 10.5 Å². The predicted molar refractivity (Wildman–Crippen MR) is 129 cm³/mol. The Labute approximate surface area is 195 Å². The molecule has 1 spiro atoms. The van der Waals surface area contributed by atoms with E-state index >= 15 is 0 Å². The zero-order valence-electron chi connectivity index (χ0n) is 19.5. The smallest absolute Gasteiger partial charge is 0.247 e. The van der Waals surface area contributed by atoms with Gasteiger partial charge in [0.25, 0.3) is 0 Å². The summed E-state index contributed by atoms with van der Waals surface area (Å²) in [4.78, 5) is 27.8. The van der Waals surface area contributed by atoms with Crippen molar-refractivity contribution in [2.24, 2.45) is 5.73 Å². The number of benzene rings is 2. The lowest BCUT2D eigenvalue weighted by Gasteiger charge is -2.40. The molecule has 1 fully saturated rings. The van der Waals surface area contributed by atoms with Crippen molar-refractivity contribution in [3.63, 3.8) is 0 Å². The molecule has 4 rings (SSSR count). The van der Waals surface area contributed by atoms with Gasteiger partial charge in [0.1, 0.15) is 6.04 Å². The molecule has 2 aromatic carbocycles. The number of carbonyl (C=O) groups excluding carboxylic acids is 2. The fourth-order valence-corrected chi connectivity index (χ4v) is 4.67. The number of fused-ring (bicyclic) bond motifs is 2. The number of anilines is 1. The fraction of sp³-hybridized carbons (Fsp3) is 0.462. The van der Waals surface area contributed by atoms with Gasteiger partial charge >= 0.3 is 0 Å². The number of piperidine rings is 1. The van der Waals surface area contributed by atoms with Crippen LogP contribution in [0, 0.1) is 0 Å². The molecule has 2 aliphatic rings. The highest BCUT2D eigenvalue weighted by atomic mass is 16.5. The zero-order valence-corrected chi connectivity index (χ0v) is 19.5. The minimum atomic E-state index is -1.08. The number of hydrogen-bond acceptors (Lipinski definition) is 5. The second kappa shape index (κ2) is 9.53. The Morgan fingerprint density at radius 3 is 2.48 bits per heavy atom. The van der Waals surface area contributed by atoms with Crippen LogP contribution in [0.4, 0.5) is 5.69 Å². The highest BCUT2D eigenvalue weighted by Crippen LogP contribution is 2.43. The van der Waals surface area contributed by atoms with E-state index in [1.54, 1.807) is 13.8 Å². The SMILES string of the molecule is CC(C)(N)C(=O)NC(COCc1ccccc1)C(=O)N1CCC2(CC1)CNc1ccccc12. The molecule has 33 heavy (non-hydrogen) atoms. The van der Waals surface area contributed by atoms with Gasteiger partial charge in [-0.25, -0.2) is 0 Å². The average Bonchev–Trinajstić information content (AvgIpc) is 3.16. The molecule has 4 N–H and O–H groups in total. The zero-order chi connectivity index (χ0) is 23.5. The number of ether oxygens (including phenoxy) is 1. The monoisotopic (exact) mass is 450 g/mol. The summed E-state index contributed by atoms with van der Waals surface area (Å²) in [5.74, 6) is -0.485. The van der Waals surface area contributed by atoms with Gasteiger partial charge in [-0.1, -0.05) is 48.5 Å². The molecule has 2 amide bonds. The van der Waals surface area contributed by atoms with Gasteiger partial charge in [-0.05, 0) is 43.9 Å². The van der Waals surface area contributed by atoms with Crippen LogP contribution in [-0.2, 0) is 26.3 Å². The fourth-order valence-electron chi connectivity index (χ4n) is 4.67. The van der Waals surface area contributed by atoms with Crippen LogP contribution in [0.1, 0.15) is 37.8 Å². The molecule has 7 nitrogen and oxygen atoms in total. The number of nitrogens with one attached hydrogen (secondary N) is 2. The summed E-state index contributed by atoms with van der Waals surface area (Å²) in [5.41, 5.74) is 8.51. The predicted octanol–water partition coefficient (Wildman–Crippen LogP) is 2.41. The highest BCUT2D eigenvalue weighted by molar-refractivity contribution is 5.91. The van der Waals surface area contributed by atoms with Gasteiger partial charge in [0.2, 0.25) is 11.8 Å². The summed E-state index contributed by atoms with van der Waals surface area (Å²) in [6.45, 7) is 5.92. The quantitative estimate of drug-likeness (QED) is 0.602. The van der Waals surface area contributed by atoms with E-state index in [2.05, 4.69) is 28.8 Å². The molecule has 1 unspecified atom stereocenters. The lowest BCUT2D eigenvalue weighted by atomic mass is 9.74. The summed E-state index contributed by atoms with van der Waals surface area (Å²) in [7, 11) is 0. The van der Waals surface area contributed by atoms with E-state index in [-0.39, 0.29) is 23.8 Å². The number of amides is 2. The van der Waals surface area contributed by atoms with E-state index < -0.39 is 11.6 Å². The number of rotatable bonds is 7. The Bertz CT molecular complexity index is 979. The third kappa shape index (κ3) is 5.20. The molecule has 0 bridgehead atoms. The normalized spacial score (nSPS) is 17.8. The Morgan fingerprint density at radius 1 is 1.12 bits per heavy atom. The number of likely N-dealkylation sites (tertiary alicyclic amines) is 1. The maximum atomic E-state index is 13.4. The topological polar surface area (TPSA) is 96.7 Å². The van der Waals surface area contributed by atoms with Crippen LogP contribution in [0.5, 0.6) is 0 Å². The van der Waals surface area contributed by atoms with Crippen molar-refractivity contribution >= 4 is 17.5 Å². The van der Waals surface area contributed by atoms with E-state index in [1.165, 1.54) is 11.3 Å². The lowest BCUT2D eigenvalue weighted by molar-refractivity contribution is -0.140. The summed E-state index contributed by atoms with van der Waals surface area (Å²) in [6.07, 6.45) is 1.77. The molecule has 176 valence electrons. The minimum Gasteiger partial charge on any atom is -0.384 e. The van der Waals surface area contributed by atoms with E-state index in [9.17, 15) is 9.59 Å². The van der Waals surface area contributed by atoms with Crippen molar-refractivity contribution in [3.05, 3.63) is 65.7 Å². The molecular formula is C26H34N4O3. The highest BCUT2D eigenvalue weighted by Gasteiger charge is 2.43. The first-order valence-electron chi connectivity index (χ1n) is 11.6. The largest absolute Gasteiger partial charge is 0.384 e. The van der Waals surface area contributed by atoms with Crippen LogP contribution in [-0.4, -0.2) is 54.5 Å². The summed E-state index contributed by atoms with van der Waals surface area (Å²) in [6, 6.07) is 17.4. The molecule has 1 atom stereocenters. The molecule has 2 heterocycles. The summed E-state index contributed by atoms with van der Waals surface area (Å²) >= 11 is 0. The number of hydrogen-bond donors (Lipinski definition) is 3. The number of nitrogens with zero attached hydrogens (tertiary/aromatic N) is 1. The maximum absolute atomic E-state index is 13.4. The van der Waals surface area contributed by atoms with Gasteiger partial charge in [-0.15, -0.1) is 0 Å². The van der Waals surface area contributed by atoms with Crippen molar-refractivity contribution in [2.75, 3.05) is 31.6 Å². The van der Waals surface area contributed by atoms with Gasteiger partial charge in [0.05, 0.1) is 18.8 Å².